The molecular weight excluding hydrogens is 370 g/mol. The Hall–Kier alpha value is -2.32. The Morgan fingerprint density at radius 3 is 2.59 bits per heavy atom. The van der Waals surface area contributed by atoms with Crippen molar-refractivity contribution in [2.45, 2.75) is 31.4 Å². The number of hydrogen-bond donors (Lipinski definition) is 1. The van der Waals surface area contributed by atoms with Gasteiger partial charge in [-0.15, -0.1) is 0 Å². The maximum absolute atomic E-state index is 12.2. The predicted octanol–water partition coefficient (Wildman–Crippen LogP) is 2.05. The van der Waals surface area contributed by atoms with Crippen molar-refractivity contribution in [2.75, 3.05) is 13.7 Å². The number of nitrogens with one attached hydrogen (secondary N) is 1. The van der Waals surface area contributed by atoms with E-state index in [1.54, 1.807) is 19.2 Å². The summed E-state index contributed by atoms with van der Waals surface area (Å²) >= 11 is 0.881. The summed E-state index contributed by atoms with van der Waals surface area (Å²) in [6.07, 6.45) is 1.68. The van der Waals surface area contributed by atoms with E-state index in [9.17, 15) is 14.4 Å². The number of thioether (sulfide) groups is 1. The molecule has 27 heavy (non-hydrogen) atoms. The van der Waals surface area contributed by atoms with Crippen LogP contribution in [0.2, 0.25) is 0 Å². The topological polar surface area (TPSA) is 90.9 Å². The van der Waals surface area contributed by atoms with Crippen LogP contribution in [0, 0.1) is 5.92 Å². The zero-order valence-electron chi connectivity index (χ0n) is 15.3. The van der Waals surface area contributed by atoms with E-state index in [1.807, 2.05) is 12.1 Å². The lowest BCUT2D eigenvalue weighted by molar-refractivity contribution is -0.148. The number of methoxy groups -OCH3 is 1. The Labute approximate surface area is 162 Å². The average Bonchev–Trinajstić information content (AvgIpc) is 3.16. The van der Waals surface area contributed by atoms with Crippen LogP contribution in [0.1, 0.15) is 18.9 Å². The van der Waals surface area contributed by atoms with Gasteiger partial charge in [0.2, 0.25) is 0 Å². The second kappa shape index (κ2) is 10.1. The summed E-state index contributed by atoms with van der Waals surface area (Å²) in [4.78, 5) is 35.5. The standard InChI is InChI=1S/C19H23NO6S/c1-4-17(27-12(2)21)26-18(22)14-9-16(20-10-14)19(23)25-11-13-5-7-15(24-3)8-6-13/h4-8,14,16-17,20H,1,9-11H2,2-3H3. The number of hydrogen-bond acceptors (Lipinski definition) is 8. The molecule has 1 aromatic rings. The van der Waals surface area contributed by atoms with Crippen LogP contribution in [0.3, 0.4) is 0 Å². The summed E-state index contributed by atoms with van der Waals surface area (Å²) in [7, 11) is 1.58. The van der Waals surface area contributed by atoms with Crippen LogP contribution in [0.15, 0.2) is 36.9 Å². The first-order valence-electron chi connectivity index (χ1n) is 8.46. The molecule has 1 heterocycles. The summed E-state index contributed by atoms with van der Waals surface area (Å²) in [6, 6.07) is 6.65. The van der Waals surface area contributed by atoms with Crippen molar-refractivity contribution in [2.24, 2.45) is 5.92 Å². The van der Waals surface area contributed by atoms with Crippen molar-refractivity contribution in [3.63, 3.8) is 0 Å². The fourth-order valence-corrected chi connectivity index (χ4v) is 3.13. The number of carbonyl (C=O) groups is 3. The minimum Gasteiger partial charge on any atom is -0.497 e. The van der Waals surface area contributed by atoms with Gasteiger partial charge in [-0.2, -0.15) is 0 Å². The monoisotopic (exact) mass is 393 g/mol. The predicted molar refractivity (Wildman–Crippen MR) is 101 cm³/mol. The Kier molecular flexibility index (Phi) is 7.87. The van der Waals surface area contributed by atoms with Gasteiger partial charge in [0, 0.05) is 13.5 Å². The van der Waals surface area contributed by atoms with E-state index in [4.69, 9.17) is 14.2 Å². The Morgan fingerprint density at radius 2 is 2.00 bits per heavy atom. The Bertz CT molecular complexity index is 690. The van der Waals surface area contributed by atoms with Gasteiger partial charge >= 0.3 is 11.9 Å². The van der Waals surface area contributed by atoms with Gasteiger partial charge in [0.15, 0.2) is 10.6 Å². The molecule has 1 aliphatic heterocycles. The third-order valence-electron chi connectivity index (χ3n) is 4.00. The summed E-state index contributed by atoms with van der Waals surface area (Å²) in [5.41, 5.74) is 0.115. The highest BCUT2D eigenvalue weighted by Crippen LogP contribution is 2.21. The zero-order valence-corrected chi connectivity index (χ0v) is 16.1. The maximum atomic E-state index is 12.2. The van der Waals surface area contributed by atoms with Crippen LogP contribution in [-0.2, 0) is 30.5 Å². The van der Waals surface area contributed by atoms with Gasteiger partial charge in [0.05, 0.1) is 13.0 Å². The molecular formula is C19H23NO6S. The zero-order chi connectivity index (χ0) is 19.8. The van der Waals surface area contributed by atoms with Crippen molar-refractivity contribution in [1.29, 1.82) is 0 Å². The van der Waals surface area contributed by atoms with Gasteiger partial charge in [0.1, 0.15) is 18.4 Å². The molecule has 0 saturated carbocycles. The molecule has 2 rings (SSSR count). The van der Waals surface area contributed by atoms with Crippen molar-refractivity contribution >= 4 is 28.8 Å². The van der Waals surface area contributed by atoms with E-state index in [1.165, 1.54) is 13.0 Å². The minimum absolute atomic E-state index is 0.143. The number of ether oxygens (including phenoxy) is 3. The maximum Gasteiger partial charge on any atom is 0.323 e. The van der Waals surface area contributed by atoms with E-state index in [0.29, 0.717) is 6.54 Å². The van der Waals surface area contributed by atoms with Crippen LogP contribution >= 0.6 is 11.8 Å². The molecule has 1 N–H and O–H groups in total. The summed E-state index contributed by atoms with van der Waals surface area (Å²) in [5, 5.41) is 2.81. The van der Waals surface area contributed by atoms with Crippen molar-refractivity contribution in [1.82, 2.24) is 5.32 Å². The normalized spacial score (nSPS) is 19.8. The molecule has 1 saturated heterocycles. The summed E-state index contributed by atoms with van der Waals surface area (Å²) in [5.74, 6) is -0.630. The fraction of sp³-hybridized carbons (Fsp3) is 0.421. The number of benzene rings is 1. The van der Waals surface area contributed by atoms with E-state index in [0.717, 1.165) is 23.1 Å². The molecule has 8 heteroatoms. The molecule has 146 valence electrons. The lowest BCUT2D eigenvalue weighted by Crippen LogP contribution is -2.32. The third kappa shape index (κ3) is 6.41. The largest absolute Gasteiger partial charge is 0.497 e. The molecule has 0 bridgehead atoms. The molecule has 0 amide bonds. The van der Waals surface area contributed by atoms with Gasteiger partial charge in [-0.05, 0) is 42.0 Å². The lowest BCUT2D eigenvalue weighted by atomic mass is 10.1. The highest BCUT2D eigenvalue weighted by molar-refractivity contribution is 8.14. The van der Waals surface area contributed by atoms with Gasteiger partial charge in [-0.3, -0.25) is 14.4 Å². The van der Waals surface area contributed by atoms with E-state index < -0.39 is 29.3 Å². The molecule has 1 fully saturated rings. The fourth-order valence-electron chi connectivity index (χ4n) is 2.57. The highest BCUT2D eigenvalue weighted by Gasteiger charge is 2.36. The first-order valence-corrected chi connectivity index (χ1v) is 9.34. The second-order valence-corrected chi connectivity index (χ2v) is 7.27. The van der Waals surface area contributed by atoms with Gasteiger partial charge < -0.3 is 19.5 Å². The van der Waals surface area contributed by atoms with E-state index >= 15 is 0 Å². The van der Waals surface area contributed by atoms with Crippen LogP contribution in [0.5, 0.6) is 5.75 Å². The van der Waals surface area contributed by atoms with Crippen LogP contribution in [0.25, 0.3) is 0 Å². The molecule has 0 aromatic heterocycles. The van der Waals surface area contributed by atoms with Gasteiger partial charge in [0.25, 0.3) is 0 Å². The Morgan fingerprint density at radius 1 is 1.30 bits per heavy atom. The average molecular weight is 393 g/mol. The van der Waals surface area contributed by atoms with Crippen LogP contribution in [-0.4, -0.2) is 42.2 Å². The lowest BCUT2D eigenvalue weighted by Gasteiger charge is -2.15. The van der Waals surface area contributed by atoms with E-state index in [2.05, 4.69) is 11.9 Å². The first kappa shape index (κ1) is 21.0. The van der Waals surface area contributed by atoms with Crippen molar-refractivity contribution in [3.8, 4) is 5.75 Å². The number of rotatable bonds is 8. The van der Waals surface area contributed by atoms with Gasteiger partial charge in [-0.25, -0.2) is 0 Å². The SMILES string of the molecule is C=CC(OC(=O)C1CNC(C(=O)OCc2ccc(OC)cc2)C1)SC(C)=O. The molecule has 0 radical (unpaired) electrons. The number of esters is 2. The molecule has 1 aliphatic rings. The third-order valence-corrected chi connectivity index (χ3v) is 4.85. The minimum atomic E-state index is -0.726. The quantitative estimate of drug-likeness (QED) is 0.408. The molecule has 7 nitrogen and oxygen atoms in total. The number of carbonyl (C=O) groups excluding carboxylic acids is 3. The molecule has 1 aromatic carbocycles. The van der Waals surface area contributed by atoms with Crippen molar-refractivity contribution in [3.05, 3.63) is 42.5 Å². The van der Waals surface area contributed by atoms with Crippen LogP contribution < -0.4 is 10.1 Å². The summed E-state index contributed by atoms with van der Waals surface area (Å²) in [6.45, 7) is 5.40. The highest BCUT2D eigenvalue weighted by atomic mass is 32.2. The van der Waals surface area contributed by atoms with E-state index in [-0.39, 0.29) is 18.1 Å². The Balaban J connectivity index is 1.79. The van der Waals surface area contributed by atoms with Crippen LogP contribution in [0.4, 0.5) is 0 Å². The second-order valence-electron chi connectivity index (χ2n) is 6.00. The molecule has 0 spiro atoms. The van der Waals surface area contributed by atoms with Crippen molar-refractivity contribution < 1.29 is 28.6 Å². The molecule has 3 unspecified atom stereocenters. The summed E-state index contributed by atoms with van der Waals surface area (Å²) < 4.78 is 15.6. The molecule has 3 atom stereocenters. The molecule has 0 aliphatic carbocycles. The van der Waals surface area contributed by atoms with Gasteiger partial charge in [-0.1, -0.05) is 18.7 Å². The smallest absolute Gasteiger partial charge is 0.323 e. The first-order chi connectivity index (χ1) is 12.9.